The molecule has 0 radical (unpaired) electrons. The molecule has 3 aromatic rings. The fourth-order valence-corrected chi connectivity index (χ4v) is 7.48. The lowest BCUT2D eigenvalue weighted by Crippen LogP contribution is -2.52. The topological polar surface area (TPSA) is 191 Å². The van der Waals surface area contributed by atoms with E-state index in [4.69, 9.17) is 4.74 Å². The van der Waals surface area contributed by atoms with Crippen LogP contribution in [0, 0.1) is 23.7 Å². The molecule has 2 bridgehead atoms. The van der Waals surface area contributed by atoms with Gasteiger partial charge in [0.05, 0.1) is 22.7 Å². The van der Waals surface area contributed by atoms with Gasteiger partial charge < -0.3 is 35.6 Å². The predicted molar refractivity (Wildman–Crippen MR) is 149 cm³/mol. The number of carboxylic acids is 1. The zero-order chi connectivity index (χ0) is 30.6. The fourth-order valence-electron chi connectivity index (χ4n) is 7.48. The van der Waals surface area contributed by atoms with E-state index in [1.165, 1.54) is 30.3 Å². The highest BCUT2D eigenvalue weighted by molar-refractivity contribution is 6.18. The summed E-state index contributed by atoms with van der Waals surface area (Å²) in [4.78, 5) is 51.2. The van der Waals surface area contributed by atoms with Crippen molar-refractivity contribution in [2.24, 2.45) is 23.7 Å². The molecule has 11 nitrogen and oxygen atoms in total. The molecule has 0 spiro atoms. The van der Waals surface area contributed by atoms with Gasteiger partial charge >= 0.3 is 11.9 Å². The lowest BCUT2D eigenvalue weighted by molar-refractivity contribution is -0.0126. The highest BCUT2D eigenvalue weighted by Gasteiger charge is 2.61. The van der Waals surface area contributed by atoms with Crippen LogP contribution in [0.25, 0.3) is 0 Å². The number of carbonyl (C=O) groups excluding carboxylic acids is 3. The van der Waals surface area contributed by atoms with Crippen LogP contribution in [-0.2, 0) is 4.74 Å². The number of aromatic carboxylic acids is 1. The van der Waals surface area contributed by atoms with Crippen molar-refractivity contribution in [1.29, 1.82) is 0 Å². The summed E-state index contributed by atoms with van der Waals surface area (Å²) in [6.07, 6.45) is 3.21. The third-order valence-electron chi connectivity index (χ3n) is 9.24. The Bertz CT molecular complexity index is 1630. The van der Waals surface area contributed by atoms with Crippen LogP contribution in [0.15, 0.2) is 54.6 Å². The van der Waals surface area contributed by atoms with Crippen LogP contribution in [0.2, 0.25) is 0 Å². The lowest BCUT2D eigenvalue weighted by Gasteiger charge is -2.38. The maximum absolute atomic E-state index is 13.4. The number of aromatic hydroxyl groups is 4. The van der Waals surface area contributed by atoms with Crippen molar-refractivity contribution in [1.82, 2.24) is 5.32 Å². The molecule has 0 saturated heterocycles. The molecule has 3 saturated carbocycles. The minimum atomic E-state index is -1.50. The first-order valence-corrected chi connectivity index (χ1v) is 14.0. The van der Waals surface area contributed by atoms with E-state index >= 15 is 0 Å². The zero-order valence-corrected chi connectivity index (χ0v) is 22.8. The molecule has 3 fully saturated rings. The highest BCUT2D eigenvalue weighted by Crippen LogP contribution is 2.59. The van der Waals surface area contributed by atoms with E-state index in [1.807, 2.05) is 0 Å². The van der Waals surface area contributed by atoms with E-state index in [0.29, 0.717) is 17.4 Å². The Morgan fingerprint density at radius 2 is 1.40 bits per heavy atom. The Morgan fingerprint density at radius 1 is 0.744 bits per heavy atom. The molecule has 0 aromatic heterocycles. The van der Waals surface area contributed by atoms with Gasteiger partial charge in [0.1, 0.15) is 34.7 Å². The number of esters is 1. The molecule has 6 rings (SSSR count). The molecular formula is C32H29NO10. The van der Waals surface area contributed by atoms with E-state index in [-0.39, 0.29) is 29.1 Å². The third-order valence-corrected chi connectivity index (χ3v) is 9.24. The Labute approximate surface area is 245 Å². The summed E-state index contributed by atoms with van der Waals surface area (Å²) in [6.45, 7) is 0. The Balaban J connectivity index is 1.26. The lowest BCUT2D eigenvalue weighted by atomic mass is 9.77. The Morgan fingerprint density at radius 3 is 2.05 bits per heavy atom. The second-order valence-corrected chi connectivity index (χ2v) is 11.5. The monoisotopic (exact) mass is 587 g/mol. The summed E-state index contributed by atoms with van der Waals surface area (Å²) in [6, 6.07) is 10.7. The number of nitrogens with one attached hydrogen (secondary N) is 1. The van der Waals surface area contributed by atoms with Crippen LogP contribution < -0.4 is 5.32 Å². The van der Waals surface area contributed by atoms with Crippen molar-refractivity contribution in [3.63, 3.8) is 0 Å². The number of ether oxygens (including phenoxy) is 1. The molecule has 43 heavy (non-hydrogen) atoms. The van der Waals surface area contributed by atoms with Crippen molar-refractivity contribution in [3.05, 3.63) is 82.4 Å². The minimum absolute atomic E-state index is 0.0186. The summed E-state index contributed by atoms with van der Waals surface area (Å²) < 4.78 is 5.95. The maximum Gasteiger partial charge on any atom is 0.338 e. The predicted octanol–water partition coefficient (Wildman–Crippen LogP) is 3.83. The number of amides is 1. The molecule has 6 N–H and O–H groups in total. The number of hydrogen-bond donors (Lipinski definition) is 6. The molecule has 0 heterocycles. The van der Waals surface area contributed by atoms with Gasteiger partial charge in [-0.05, 0) is 85.5 Å². The van der Waals surface area contributed by atoms with Crippen molar-refractivity contribution < 1.29 is 49.4 Å². The molecule has 6 atom stereocenters. The fraction of sp³-hybridized carbons (Fsp3) is 0.312. The van der Waals surface area contributed by atoms with Gasteiger partial charge in [-0.25, -0.2) is 9.59 Å². The molecule has 3 aromatic carbocycles. The zero-order valence-electron chi connectivity index (χ0n) is 22.8. The highest BCUT2D eigenvalue weighted by atomic mass is 16.5. The van der Waals surface area contributed by atoms with Crippen LogP contribution in [-0.4, -0.2) is 61.3 Å². The largest absolute Gasteiger partial charge is 0.508 e. The number of phenols is 4. The molecule has 3 unspecified atom stereocenters. The van der Waals surface area contributed by atoms with Gasteiger partial charge in [-0.3, -0.25) is 9.59 Å². The third kappa shape index (κ3) is 4.80. The summed E-state index contributed by atoms with van der Waals surface area (Å²) in [7, 11) is 0. The number of hydrogen-bond acceptors (Lipinski definition) is 9. The average Bonchev–Trinajstić information content (AvgIpc) is 3.66. The number of phenolic OH excluding ortho intramolecular Hbond substituents is 4. The van der Waals surface area contributed by atoms with Gasteiger partial charge in [-0.2, -0.15) is 0 Å². The Kier molecular flexibility index (Phi) is 6.95. The first kappa shape index (κ1) is 28.1. The van der Waals surface area contributed by atoms with Crippen LogP contribution >= 0.6 is 0 Å². The molecule has 1 amide bonds. The molecule has 11 heteroatoms. The number of ketones is 1. The van der Waals surface area contributed by atoms with Gasteiger partial charge in [-0.15, -0.1) is 0 Å². The van der Waals surface area contributed by atoms with Crippen molar-refractivity contribution in [2.45, 2.75) is 37.8 Å². The summed E-state index contributed by atoms with van der Waals surface area (Å²) >= 11 is 0. The normalized spacial score (nSPS) is 25.2. The van der Waals surface area contributed by atoms with Crippen LogP contribution in [0.3, 0.4) is 0 Å². The maximum atomic E-state index is 13.4. The van der Waals surface area contributed by atoms with E-state index < -0.39 is 63.8 Å². The van der Waals surface area contributed by atoms with Gasteiger partial charge in [0.2, 0.25) is 5.78 Å². The quantitative estimate of drug-likeness (QED) is 0.175. The molecule has 3 aliphatic carbocycles. The SMILES string of the molecule is O=C(NC1C2CC([C@H]1OC(=O)c1cc(O)c(C(=O)c3c(O)cccc3C(=O)O)c(O)c1)[C@H]1CCC[C@@H]21)c1ccc(O)cc1. The molecule has 222 valence electrons. The first-order chi connectivity index (χ1) is 20.5. The number of carbonyl (C=O) groups is 4. The number of benzene rings is 3. The average molecular weight is 588 g/mol. The van der Waals surface area contributed by atoms with E-state index in [0.717, 1.165) is 49.9 Å². The standard InChI is InChI=1S/C32H29NO10/c34-16-9-7-14(8-10-16)30(39)33-27-20-13-21(18-4-1-3-17(18)20)29(27)43-32(42)15-11-23(36)26(24(37)12-15)28(38)25-19(31(40)41)5-2-6-22(25)35/h2,5-12,17-18,20-21,27,29,34-37H,1,3-4,13H2,(H,33,39)(H,40,41)/t17-,18+,20?,21?,27?,29-/m1/s1. The van der Waals surface area contributed by atoms with Gasteiger partial charge in [-0.1, -0.05) is 12.5 Å². The van der Waals surface area contributed by atoms with E-state index in [2.05, 4.69) is 5.32 Å². The summed E-state index contributed by atoms with van der Waals surface area (Å²) in [5, 5.41) is 53.6. The van der Waals surface area contributed by atoms with Crippen LogP contribution in [0.4, 0.5) is 0 Å². The van der Waals surface area contributed by atoms with E-state index in [1.54, 1.807) is 0 Å². The van der Waals surface area contributed by atoms with Gasteiger partial charge in [0.15, 0.2) is 0 Å². The van der Waals surface area contributed by atoms with Crippen molar-refractivity contribution in [3.8, 4) is 23.0 Å². The van der Waals surface area contributed by atoms with Crippen molar-refractivity contribution >= 4 is 23.6 Å². The second kappa shape index (κ2) is 10.6. The minimum Gasteiger partial charge on any atom is -0.508 e. The number of rotatable bonds is 7. The van der Waals surface area contributed by atoms with Crippen molar-refractivity contribution in [2.75, 3.05) is 0 Å². The number of fused-ring (bicyclic) bond motifs is 5. The molecule has 0 aliphatic heterocycles. The van der Waals surface area contributed by atoms with Gasteiger partial charge in [0, 0.05) is 11.5 Å². The van der Waals surface area contributed by atoms with Crippen LogP contribution in [0.1, 0.15) is 72.7 Å². The van der Waals surface area contributed by atoms with Gasteiger partial charge in [0.25, 0.3) is 5.91 Å². The second-order valence-electron chi connectivity index (χ2n) is 11.5. The smallest absolute Gasteiger partial charge is 0.338 e. The van der Waals surface area contributed by atoms with Crippen LogP contribution in [0.5, 0.6) is 23.0 Å². The summed E-state index contributed by atoms with van der Waals surface area (Å²) in [5.74, 6) is -5.25. The number of carboxylic acid groups (broad SMARTS) is 1. The Hall–Kier alpha value is -5.06. The van der Waals surface area contributed by atoms with E-state index in [9.17, 15) is 44.7 Å². The molecule has 3 aliphatic rings. The summed E-state index contributed by atoms with van der Waals surface area (Å²) in [5.41, 5.74) is -1.75. The first-order valence-electron chi connectivity index (χ1n) is 14.0. The molecular weight excluding hydrogens is 558 g/mol.